The first kappa shape index (κ1) is 26.2. The number of methoxy groups -OCH3 is 1. The van der Waals surface area contributed by atoms with Crippen LogP contribution in [0, 0.1) is 5.82 Å². The number of hydrogen-bond donors (Lipinski definition) is 3. The van der Waals surface area contributed by atoms with Gasteiger partial charge in [-0.2, -0.15) is 13.2 Å². The standard InChI is InChI=1S/C20H20ClFN4O2.C2HF3O2/c1-27-18-10-17-14(9-19(18)28-13-4-6-23-7-5-13)20(25-11-24-17)26-12-2-3-16(22)15(21)8-12;3-2(4,5)1(6)7/h2-3,8-11,13,23H,4-7H2,1H3,(H,24,25,26);(H,6,7). The van der Waals surface area contributed by atoms with Gasteiger partial charge in [-0.15, -0.1) is 0 Å². The molecular weight excluding hydrogens is 496 g/mol. The highest BCUT2D eigenvalue weighted by Crippen LogP contribution is 2.36. The number of carboxylic acids is 1. The number of hydrogen-bond acceptors (Lipinski definition) is 7. The number of alkyl halides is 3. The predicted octanol–water partition coefficient (Wildman–Crippen LogP) is 4.94. The Balaban J connectivity index is 0.000000429. The summed E-state index contributed by atoms with van der Waals surface area (Å²) >= 11 is 5.88. The predicted molar refractivity (Wildman–Crippen MR) is 121 cm³/mol. The van der Waals surface area contributed by atoms with E-state index in [1.54, 1.807) is 13.2 Å². The Labute approximate surface area is 202 Å². The normalized spacial score (nSPS) is 14.1. The zero-order valence-electron chi connectivity index (χ0n) is 18.3. The number of aromatic nitrogens is 2. The van der Waals surface area contributed by atoms with E-state index in [4.69, 9.17) is 31.0 Å². The van der Waals surface area contributed by atoms with Crippen molar-refractivity contribution in [2.75, 3.05) is 25.5 Å². The van der Waals surface area contributed by atoms with E-state index in [1.165, 1.54) is 18.5 Å². The molecule has 8 nitrogen and oxygen atoms in total. The second-order valence-corrected chi connectivity index (χ2v) is 7.77. The summed E-state index contributed by atoms with van der Waals surface area (Å²) in [4.78, 5) is 17.6. The fourth-order valence-corrected chi connectivity index (χ4v) is 3.40. The largest absolute Gasteiger partial charge is 0.493 e. The van der Waals surface area contributed by atoms with Gasteiger partial charge in [-0.1, -0.05) is 11.6 Å². The molecule has 1 aliphatic rings. The fourth-order valence-electron chi connectivity index (χ4n) is 3.22. The molecule has 1 saturated heterocycles. The molecule has 3 aromatic rings. The number of anilines is 2. The molecule has 0 saturated carbocycles. The van der Waals surface area contributed by atoms with Crippen LogP contribution in [0.2, 0.25) is 5.02 Å². The molecule has 1 aliphatic heterocycles. The minimum Gasteiger partial charge on any atom is -0.493 e. The lowest BCUT2D eigenvalue weighted by Gasteiger charge is -2.25. The third kappa shape index (κ3) is 7.06. The highest BCUT2D eigenvalue weighted by Gasteiger charge is 2.38. The molecule has 0 unspecified atom stereocenters. The molecule has 4 rings (SSSR count). The summed E-state index contributed by atoms with van der Waals surface area (Å²) in [5.74, 6) is -1.38. The fraction of sp³-hybridized carbons (Fsp3) is 0.318. The van der Waals surface area contributed by atoms with Gasteiger partial charge in [0.05, 0.1) is 17.6 Å². The van der Waals surface area contributed by atoms with E-state index in [0.717, 1.165) is 31.3 Å². The van der Waals surface area contributed by atoms with Crippen LogP contribution in [0.4, 0.5) is 29.1 Å². The average Bonchev–Trinajstić information content (AvgIpc) is 2.82. The van der Waals surface area contributed by atoms with E-state index in [2.05, 4.69) is 20.6 Å². The first-order valence-electron chi connectivity index (χ1n) is 10.3. The first-order chi connectivity index (χ1) is 16.6. The number of aliphatic carboxylic acids is 1. The quantitative estimate of drug-likeness (QED) is 0.410. The van der Waals surface area contributed by atoms with Gasteiger partial charge in [0.1, 0.15) is 24.1 Å². The Bertz CT molecular complexity index is 1190. The third-order valence-electron chi connectivity index (χ3n) is 4.93. The number of carboxylic acid groups (broad SMARTS) is 1. The van der Waals surface area contributed by atoms with Gasteiger partial charge in [-0.25, -0.2) is 19.2 Å². The van der Waals surface area contributed by atoms with Crippen molar-refractivity contribution in [3.8, 4) is 11.5 Å². The van der Waals surface area contributed by atoms with Gasteiger partial charge in [0, 0.05) is 17.1 Å². The van der Waals surface area contributed by atoms with E-state index >= 15 is 0 Å². The lowest BCUT2D eigenvalue weighted by atomic mass is 10.1. The van der Waals surface area contributed by atoms with E-state index in [9.17, 15) is 17.6 Å². The molecule has 35 heavy (non-hydrogen) atoms. The molecule has 2 heterocycles. The van der Waals surface area contributed by atoms with Gasteiger partial charge in [0.2, 0.25) is 0 Å². The number of benzene rings is 2. The number of carbonyl (C=O) groups is 1. The molecule has 0 bridgehead atoms. The van der Waals surface area contributed by atoms with Crippen LogP contribution < -0.4 is 20.1 Å². The minimum atomic E-state index is -5.08. The first-order valence-corrected chi connectivity index (χ1v) is 10.7. The molecule has 0 aliphatic carbocycles. The van der Waals surface area contributed by atoms with Gasteiger partial charge in [0.15, 0.2) is 11.5 Å². The molecular formula is C22H21ClF4N4O4. The summed E-state index contributed by atoms with van der Waals surface area (Å²) in [6, 6.07) is 8.13. The Morgan fingerprint density at radius 1 is 1.17 bits per heavy atom. The number of ether oxygens (including phenoxy) is 2. The zero-order valence-corrected chi connectivity index (χ0v) is 19.1. The number of rotatable bonds is 5. The number of piperidine rings is 1. The Kier molecular flexibility index (Phi) is 8.52. The van der Waals surface area contributed by atoms with Gasteiger partial charge in [-0.05, 0) is 50.2 Å². The molecule has 0 radical (unpaired) electrons. The third-order valence-corrected chi connectivity index (χ3v) is 5.22. The Morgan fingerprint density at radius 3 is 2.46 bits per heavy atom. The Morgan fingerprint density at radius 2 is 1.86 bits per heavy atom. The van der Waals surface area contributed by atoms with Crippen molar-refractivity contribution in [1.82, 2.24) is 15.3 Å². The average molecular weight is 517 g/mol. The van der Waals surface area contributed by atoms with Crippen LogP contribution in [-0.4, -0.2) is 53.5 Å². The van der Waals surface area contributed by atoms with Crippen molar-refractivity contribution in [2.24, 2.45) is 0 Å². The van der Waals surface area contributed by atoms with Gasteiger partial charge in [0.25, 0.3) is 0 Å². The molecule has 2 aromatic carbocycles. The molecule has 1 aromatic heterocycles. The maximum Gasteiger partial charge on any atom is 0.490 e. The summed E-state index contributed by atoms with van der Waals surface area (Å²) in [6.45, 7) is 1.86. The summed E-state index contributed by atoms with van der Waals surface area (Å²) in [5, 5.41) is 14.4. The second kappa shape index (κ2) is 11.4. The minimum absolute atomic E-state index is 0.0416. The molecule has 0 spiro atoms. The van der Waals surface area contributed by atoms with Gasteiger partial charge < -0.3 is 25.2 Å². The van der Waals surface area contributed by atoms with E-state index < -0.39 is 18.0 Å². The maximum atomic E-state index is 13.4. The highest BCUT2D eigenvalue weighted by atomic mass is 35.5. The summed E-state index contributed by atoms with van der Waals surface area (Å²) < 4.78 is 56.9. The number of fused-ring (bicyclic) bond motifs is 1. The topological polar surface area (TPSA) is 106 Å². The van der Waals surface area contributed by atoms with Crippen LogP contribution in [0.3, 0.4) is 0 Å². The highest BCUT2D eigenvalue weighted by molar-refractivity contribution is 6.31. The van der Waals surface area contributed by atoms with Gasteiger partial charge >= 0.3 is 12.1 Å². The van der Waals surface area contributed by atoms with E-state index in [1.807, 2.05) is 12.1 Å². The lowest BCUT2D eigenvalue weighted by Crippen LogP contribution is -2.34. The molecule has 3 N–H and O–H groups in total. The summed E-state index contributed by atoms with van der Waals surface area (Å²) in [6.07, 6.45) is -1.62. The maximum absolute atomic E-state index is 13.4. The van der Waals surface area contributed by atoms with Crippen LogP contribution >= 0.6 is 11.6 Å². The van der Waals surface area contributed by atoms with Crippen molar-refractivity contribution < 1.29 is 36.9 Å². The monoisotopic (exact) mass is 516 g/mol. The van der Waals surface area contributed by atoms with Crippen LogP contribution in [0.5, 0.6) is 11.5 Å². The van der Waals surface area contributed by atoms with E-state index in [0.29, 0.717) is 28.5 Å². The van der Waals surface area contributed by atoms with Gasteiger partial charge in [-0.3, -0.25) is 0 Å². The zero-order chi connectivity index (χ0) is 25.6. The lowest BCUT2D eigenvalue weighted by molar-refractivity contribution is -0.192. The van der Waals surface area contributed by atoms with Crippen LogP contribution in [0.25, 0.3) is 10.9 Å². The second-order valence-electron chi connectivity index (χ2n) is 7.37. The Hall–Kier alpha value is -3.38. The van der Waals surface area contributed by atoms with Crippen molar-refractivity contribution in [2.45, 2.75) is 25.1 Å². The van der Waals surface area contributed by atoms with Crippen LogP contribution in [-0.2, 0) is 4.79 Å². The number of halogens is 5. The van der Waals surface area contributed by atoms with Crippen molar-refractivity contribution in [1.29, 1.82) is 0 Å². The smallest absolute Gasteiger partial charge is 0.490 e. The molecule has 188 valence electrons. The van der Waals surface area contributed by atoms with Crippen molar-refractivity contribution in [3.05, 3.63) is 47.5 Å². The molecule has 0 atom stereocenters. The van der Waals surface area contributed by atoms with Crippen molar-refractivity contribution in [3.63, 3.8) is 0 Å². The van der Waals surface area contributed by atoms with Crippen LogP contribution in [0.15, 0.2) is 36.7 Å². The summed E-state index contributed by atoms with van der Waals surface area (Å²) in [7, 11) is 1.61. The number of nitrogens with zero attached hydrogens (tertiary/aromatic N) is 2. The van der Waals surface area contributed by atoms with E-state index in [-0.39, 0.29) is 11.1 Å². The summed E-state index contributed by atoms with van der Waals surface area (Å²) in [5.41, 5.74) is 1.34. The molecule has 1 fully saturated rings. The molecule has 0 amide bonds. The molecule has 13 heteroatoms. The van der Waals surface area contributed by atoms with Crippen LogP contribution in [0.1, 0.15) is 12.8 Å². The number of nitrogens with one attached hydrogen (secondary N) is 2. The SMILES string of the molecule is COc1cc2ncnc(Nc3ccc(F)c(Cl)c3)c2cc1OC1CCNCC1.O=C(O)C(F)(F)F. The van der Waals surface area contributed by atoms with Crippen molar-refractivity contribution >= 4 is 40.0 Å².